The molecule has 1 aromatic carbocycles. The maximum absolute atomic E-state index is 5.98. The number of para-hydroxylation sites is 1. The summed E-state index contributed by atoms with van der Waals surface area (Å²) in [6.07, 6.45) is 4.79. The molecule has 5 heteroatoms. The lowest BCUT2D eigenvalue weighted by Crippen LogP contribution is -2.61. The number of anilines is 1. The number of benzene rings is 1. The summed E-state index contributed by atoms with van der Waals surface area (Å²) in [6.45, 7) is 2.84. The van der Waals surface area contributed by atoms with E-state index in [0.717, 1.165) is 42.9 Å². The minimum absolute atomic E-state index is 0.244. The highest BCUT2D eigenvalue weighted by Gasteiger charge is 2.46. The molecule has 0 amide bonds. The summed E-state index contributed by atoms with van der Waals surface area (Å²) in [5.74, 6) is 1.05. The van der Waals surface area contributed by atoms with Crippen LogP contribution in [-0.2, 0) is 6.42 Å². The highest BCUT2D eigenvalue weighted by atomic mass is 16.5. The Hall–Kier alpha value is -2.56. The number of pyridine rings is 1. The minimum atomic E-state index is 0.244. The molecule has 1 N–H and O–H groups in total. The first-order chi connectivity index (χ1) is 10.8. The van der Waals surface area contributed by atoms with Gasteiger partial charge < -0.3 is 9.64 Å². The topological polar surface area (TPSA) is 54.0 Å². The van der Waals surface area contributed by atoms with Crippen molar-refractivity contribution in [3.63, 3.8) is 0 Å². The monoisotopic (exact) mass is 292 g/mol. The molecular formula is C17H16N4O. The second-order valence-corrected chi connectivity index (χ2v) is 6.39. The second-order valence-electron chi connectivity index (χ2n) is 6.39. The number of fused-ring (bicyclic) bond motifs is 2. The van der Waals surface area contributed by atoms with Crippen molar-refractivity contribution < 1.29 is 4.74 Å². The van der Waals surface area contributed by atoms with Crippen molar-refractivity contribution in [2.24, 2.45) is 5.41 Å². The van der Waals surface area contributed by atoms with E-state index in [-0.39, 0.29) is 5.41 Å². The molecule has 1 fully saturated rings. The van der Waals surface area contributed by atoms with Gasteiger partial charge in [-0.05, 0) is 24.1 Å². The molecule has 110 valence electrons. The number of nitrogens with one attached hydrogen (secondary N) is 1. The van der Waals surface area contributed by atoms with Crippen LogP contribution in [-0.4, -0.2) is 34.9 Å². The molecule has 2 aromatic heterocycles. The van der Waals surface area contributed by atoms with Gasteiger partial charge in [0.25, 0.3) is 0 Å². The van der Waals surface area contributed by atoms with Gasteiger partial charge in [-0.2, -0.15) is 5.10 Å². The molecule has 22 heavy (non-hydrogen) atoms. The molecule has 0 unspecified atom stereocenters. The molecular weight excluding hydrogens is 276 g/mol. The second kappa shape index (κ2) is 4.22. The summed E-state index contributed by atoms with van der Waals surface area (Å²) in [4.78, 5) is 6.71. The zero-order valence-electron chi connectivity index (χ0n) is 12.1. The number of ether oxygens (including phenoxy) is 1. The van der Waals surface area contributed by atoms with Crippen molar-refractivity contribution in [2.45, 2.75) is 6.42 Å². The number of hydrogen-bond acceptors (Lipinski definition) is 4. The van der Waals surface area contributed by atoms with Gasteiger partial charge in [-0.25, -0.2) is 4.98 Å². The third-order valence-electron chi connectivity index (χ3n) is 4.80. The fourth-order valence-electron chi connectivity index (χ4n) is 3.73. The maximum atomic E-state index is 5.98. The number of aromatic amines is 1. The van der Waals surface area contributed by atoms with Crippen LogP contribution in [0.15, 0.2) is 42.7 Å². The summed E-state index contributed by atoms with van der Waals surface area (Å²) < 4.78 is 5.98. The third kappa shape index (κ3) is 1.65. The summed E-state index contributed by atoms with van der Waals surface area (Å²) in [6, 6.07) is 10.4. The average molecular weight is 292 g/mol. The Morgan fingerprint density at radius 2 is 2.09 bits per heavy atom. The molecule has 4 heterocycles. The number of H-pyrrole nitrogens is 1. The highest BCUT2D eigenvalue weighted by molar-refractivity contribution is 5.89. The van der Waals surface area contributed by atoms with E-state index in [2.05, 4.69) is 44.3 Å². The predicted molar refractivity (Wildman–Crippen MR) is 84.2 cm³/mol. The van der Waals surface area contributed by atoms with E-state index in [9.17, 15) is 0 Å². The van der Waals surface area contributed by atoms with E-state index >= 15 is 0 Å². The first-order valence-corrected chi connectivity index (χ1v) is 7.57. The average Bonchev–Trinajstić information content (AvgIpc) is 3.01. The van der Waals surface area contributed by atoms with E-state index in [1.807, 2.05) is 18.5 Å². The molecule has 1 spiro atoms. The molecule has 0 bridgehead atoms. The van der Waals surface area contributed by atoms with Crippen LogP contribution >= 0.6 is 0 Å². The van der Waals surface area contributed by atoms with Gasteiger partial charge in [-0.15, -0.1) is 0 Å². The summed E-state index contributed by atoms with van der Waals surface area (Å²) >= 11 is 0. The van der Waals surface area contributed by atoms with Crippen LogP contribution in [0.3, 0.4) is 0 Å². The number of rotatable bonds is 1. The van der Waals surface area contributed by atoms with Gasteiger partial charge in [0.1, 0.15) is 5.75 Å². The van der Waals surface area contributed by atoms with Gasteiger partial charge in [0.05, 0.1) is 23.9 Å². The Morgan fingerprint density at radius 1 is 1.18 bits per heavy atom. The van der Waals surface area contributed by atoms with E-state index < -0.39 is 0 Å². The Morgan fingerprint density at radius 3 is 3.05 bits per heavy atom. The van der Waals surface area contributed by atoms with Gasteiger partial charge in [-0.3, -0.25) is 5.10 Å². The van der Waals surface area contributed by atoms with E-state index in [1.165, 1.54) is 11.3 Å². The largest absolute Gasteiger partial charge is 0.493 e. The first kappa shape index (κ1) is 12.0. The number of hydrogen-bond donors (Lipinski definition) is 1. The van der Waals surface area contributed by atoms with Crippen LogP contribution in [0.25, 0.3) is 11.0 Å². The lowest BCUT2D eigenvalue weighted by molar-refractivity contribution is 0.0882. The molecule has 0 atom stereocenters. The Balaban J connectivity index is 1.42. The van der Waals surface area contributed by atoms with E-state index in [4.69, 9.17) is 4.74 Å². The molecule has 0 radical (unpaired) electrons. The smallest absolute Gasteiger partial charge is 0.157 e. The van der Waals surface area contributed by atoms with Crippen molar-refractivity contribution in [1.29, 1.82) is 0 Å². The van der Waals surface area contributed by atoms with Crippen LogP contribution in [0.5, 0.6) is 5.75 Å². The Kier molecular flexibility index (Phi) is 2.31. The molecule has 2 aliphatic rings. The molecule has 3 aromatic rings. The number of aromatic nitrogens is 3. The van der Waals surface area contributed by atoms with Gasteiger partial charge in [-0.1, -0.05) is 18.2 Å². The highest BCUT2D eigenvalue weighted by Crippen LogP contribution is 2.43. The molecule has 0 saturated carbocycles. The SMILES string of the molecule is c1ccc2c(c1)CC1(CO2)CN(c2ccnc3[nH]ncc23)C1. The zero-order valence-corrected chi connectivity index (χ0v) is 12.1. The lowest BCUT2D eigenvalue weighted by atomic mass is 9.73. The summed E-state index contributed by atoms with van der Waals surface area (Å²) in [5.41, 5.74) is 3.64. The molecule has 5 nitrogen and oxygen atoms in total. The predicted octanol–water partition coefficient (Wildman–Crippen LogP) is 2.40. The van der Waals surface area contributed by atoms with Crippen LogP contribution in [0.2, 0.25) is 0 Å². The lowest BCUT2D eigenvalue weighted by Gasteiger charge is -2.53. The van der Waals surface area contributed by atoms with Gasteiger partial charge >= 0.3 is 0 Å². The molecule has 5 rings (SSSR count). The molecule has 0 aliphatic carbocycles. The van der Waals surface area contributed by atoms with E-state index in [0.29, 0.717) is 0 Å². The fraction of sp³-hybridized carbons (Fsp3) is 0.294. The van der Waals surface area contributed by atoms with Crippen LogP contribution < -0.4 is 9.64 Å². The van der Waals surface area contributed by atoms with Crippen LogP contribution in [0.1, 0.15) is 5.56 Å². The van der Waals surface area contributed by atoms with Gasteiger partial charge in [0.2, 0.25) is 0 Å². The quantitative estimate of drug-likeness (QED) is 0.748. The normalized spacial score (nSPS) is 18.8. The zero-order chi connectivity index (χ0) is 14.6. The van der Waals surface area contributed by atoms with Gasteiger partial charge in [0, 0.05) is 24.7 Å². The van der Waals surface area contributed by atoms with Crippen molar-refractivity contribution in [1.82, 2.24) is 15.2 Å². The van der Waals surface area contributed by atoms with Crippen molar-refractivity contribution in [3.8, 4) is 5.75 Å². The van der Waals surface area contributed by atoms with Crippen LogP contribution in [0, 0.1) is 5.41 Å². The first-order valence-electron chi connectivity index (χ1n) is 7.57. The molecule has 2 aliphatic heterocycles. The van der Waals surface area contributed by atoms with Crippen molar-refractivity contribution >= 4 is 16.7 Å². The maximum Gasteiger partial charge on any atom is 0.157 e. The van der Waals surface area contributed by atoms with Crippen molar-refractivity contribution in [2.75, 3.05) is 24.6 Å². The van der Waals surface area contributed by atoms with Crippen molar-refractivity contribution in [3.05, 3.63) is 48.3 Å². The third-order valence-corrected chi connectivity index (χ3v) is 4.80. The van der Waals surface area contributed by atoms with Gasteiger partial charge in [0.15, 0.2) is 5.65 Å². The summed E-state index contributed by atoms with van der Waals surface area (Å²) in [7, 11) is 0. The summed E-state index contributed by atoms with van der Waals surface area (Å²) in [5, 5.41) is 8.12. The standard InChI is InChI=1S/C17H16N4O/c1-2-4-15-12(3-1)7-17(11-22-15)9-21(10-17)14-5-6-18-16-13(14)8-19-20-16/h1-6,8H,7,9-11H2,(H,18,19,20). The Labute approximate surface area is 127 Å². The fourth-order valence-corrected chi connectivity index (χ4v) is 3.73. The number of nitrogens with zero attached hydrogens (tertiary/aromatic N) is 3. The minimum Gasteiger partial charge on any atom is -0.493 e. The Bertz CT molecular complexity index is 850. The van der Waals surface area contributed by atoms with Crippen LogP contribution in [0.4, 0.5) is 5.69 Å². The van der Waals surface area contributed by atoms with E-state index in [1.54, 1.807) is 0 Å². The molecule has 1 saturated heterocycles.